The minimum Gasteiger partial charge on any atom is -0.353 e. The molecule has 0 radical (unpaired) electrons. The van der Waals surface area contributed by atoms with Gasteiger partial charge in [0.1, 0.15) is 0 Å². The van der Waals surface area contributed by atoms with E-state index in [0.717, 1.165) is 50.9 Å². The number of nitrogens with two attached hydrogens (primary N) is 1. The van der Waals surface area contributed by atoms with Crippen molar-refractivity contribution in [3.8, 4) is 0 Å². The van der Waals surface area contributed by atoms with Gasteiger partial charge in [-0.3, -0.25) is 4.99 Å². The van der Waals surface area contributed by atoms with Gasteiger partial charge in [-0.25, -0.2) is 0 Å². The molecule has 6 heteroatoms. The molecule has 122 valence electrons. The maximum Gasteiger partial charge on any atom is 0.157 e. The molecule has 1 aliphatic heterocycles. The van der Waals surface area contributed by atoms with Crippen molar-refractivity contribution in [2.75, 3.05) is 13.2 Å². The zero-order valence-corrected chi connectivity index (χ0v) is 17.0. The first kappa shape index (κ1) is 21.5. The number of hydrogen-bond donors (Lipinski definition) is 1. The zero-order chi connectivity index (χ0) is 15.9. The highest BCUT2D eigenvalue weighted by atomic mass is 128. The lowest BCUT2D eigenvalue weighted by molar-refractivity contribution is -0.181. The molecule has 1 heterocycles. The van der Waals surface area contributed by atoms with Crippen LogP contribution in [0.1, 0.15) is 39.0 Å². The Hall–Kier alpha value is 0.490. The highest BCUT2D eigenvalue weighted by Gasteiger charge is 2.16. The Morgan fingerprint density at radius 1 is 1.43 bits per heavy atom. The molecular weight excluding hydrogens is 494 g/mol. The van der Waals surface area contributed by atoms with E-state index in [4.69, 9.17) is 15.2 Å². The monoisotopic (exact) mass is 520 g/mol. The van der Waals surface area contributed by atoms with Crippen molar-refractivity contribution in [1.29, 1.82) is 0 Å². The number of hydrogen-bond acceptors (Lipinski definition) is 4. The van der Waals surface area contributed by atoms with Gasteiger partial charge in [0.05, 0.1) is 13.2 Å². The SMILES string of the molecule is C=C(C=N/C=C\CCC)C(N)CCC1OCCCO1.II. The molecule has 21 heavy (non-hydrogen) atoms. The Kier molecular flexibility index (Phi) is 15.7. The molecule has 0 saturated carbocycles. The summed E-state index contributed by atoms with van der Waals surface area (Å²) in [6, 6.07) is -0.0857. The predicted octanol–water partition coefficient (Wildman–Crippen LogP) is 4.57. The van der Waals surface area contributed by atoms with Crippen LogP contribution in [-0.4, -0.2) is 31.8 Å². The molecule has 0 aromatic rings. The van der Waals surface area contributed by atoms with Crippen molar-refractivity contribution in [3.63, 3.8) is 0 Å². The van der Waals surface area contributed by atoms with Gasteiger partial charge in [0.15, 0.2) is 6.29 Å². The quantitative estimate of drug-likeness (QED) is 0.377. The second-order valence-corrected chi connectivity index (χ2v) is 4.74. The number of aliphatic imine (C=N–C) groups is 1. The molecule has 1 atom stereocenters. The first-order chi connectivity index (χ1) is 10.2. The lowest BCUT2D eigenvalue weighted by atomic mass is 10.1. The van der Waals surface area contributed by atoms with Crippen LogP contribution in [0.15, 0.2) is 29.4 Å². The normalized spacial score (nSPS) is 17.7. The number of halogens is 2. The number of ether oxygens (including phenoxy) is 2. The summed E-state index contributed by atoms with van der Waals surface area (Å²) in [5.41, 5.74) is 6.89. The molecule has 1 fully saturated rings. The van der Waals surface area contributed by atoms with Gasteiger partial charge >= 0.3 is 0 Å². The lowest BCUT2D eigenvalue weighted by Crippen LogP contribution is -2.29. The van der Waals surface area contributed by atoms with Crippen LogP contribution in [0, 0.1) is 0 Å². The first-order valence-corrected chi connectivity index (χ1v) is 13.5. The van der Waals surface area contributed by atoms with Crippen molar-refractivity contribution in [3.05, 3.63) is 24.4 Å². The summed E-state index contributed by atoms with van der Waals surface area (Å²) >= 11 is 4.24. The molecule has 0 bridgehead atoms. The number of unbranched alkanes of at least 4 members (excludes halogenated alkanes) is 1. The number of nitrogens with zero attached hydrogens (tertiary/aromatic N) is 1. The van der Waals surface area contributed by atoms with E-state index in [2.05, 4.69) is 55.7 Å². The molecule has 1 rings (SSSR count). The molecule has 0 aromatic carbocycles. The van der Waals surface area contributed by atoms with E-state index < -0.39 is 0 Å². The minimum atomic E-state index is -0.103. The fourth-order valence-corrected chi connectivity index (χ4v) is 1.74. The summed E-state index contributed by atoms with van der Waals surface area (Å²) < 4.78 is 11.0. The van der Waals surface area contributed by atoms with Gasteiger partial charge in [0.2, 0.25) is 0 Å². The zero-order valence-electron chi connectivity index (χ0n) is 12.6. The van der Waals surface area contributed by atoms with E-state index in [1.165, 1.54) is 0 Å². The maximum absolute atomic E-state index is 6.05. The lowest BCUT2D eigenvalue weighted by Gasteiger charge is -2.24. The van der Waals surface area contributed by atoms with Gasteiger partial charge in [-0.05, 0) is 24.8 Å². The van der Waals surface area contributed by atoms with Crippen LogP contribution in [0.2, 0.25) is 0 Å². The average Bonchev–Trinajstić information content (AvgIpc) is 2.55. The maximum atomic E-state index is 6.05. The molecule has 0 spiro atoms. The van der Waals surface area contributed by atoms with Crippen molar-refractivity contribution < 1.29 is 9.47 Å². The standard InChI is InChI=1S/C15H26N2O2.I2/c1-3-4-5-9-17-12-13(2)14(16)7-8-15-18-10-6-11-19-15;1-2/h5,9,12,14-15H,2-4,6-8,10-11,16H2,1H3;/b9-5-,17-12?;. The topological polar surface area (TPSA) is 56.8 Å². The predicted molar refractivity (Wildman–Crippen MR) is 107 cm³/mol. The minimum absolute atomic E-state index is 0.0857. The summed E-state index contributed by atoms with van der Waals surface area (Å²) in [6.45, 7) is 7.65. The summed E-state index contributed by atoms with van der Waals surface area (Å²) in [4.78, 5) is 4.18. The summed E-state index contributed by atoms with van der Waals surface area (Å²) in [5, 5.41) is 0. The third kappa shape index (κ3) is 11.7. The third-order valence-corrected chi connectivity index (χ3v) is 2.97. The molecule has 1 aliphatic rings. The Morgan fingerprint density at radius 2 is 2.10 bits per heavy atom. The number of allylic oxidation sites excluding steroid dienone is 1. The molecule has 2 N–H and O–H groups in total. The van der Waals surface area contributed by atoms with Gasteiger partial charge < -0.3 is 15.2 Å². The summed E-state index contributed by atoms with van der Waals surface area (Å²) in [5.74, 6) is 0. The fraction of sp³-hybridized carbons (Fsp3) is 0.667. The van der Waals surface area contributed by atoms with Crippen molar-refractivity contribution in [2.24, 2.45) is 10.7 Å². The summed E-state index contributed by atoms with van der Waals surface area (Å²) in [6.07, 6.45) is 10.2. The Labute approximate surface area is 151 Å². The van der Waals surface area contributed by atoms with Gasteiger partial charge in [0, 0.05) is 62.1 Å². The van der Waals surface area contributed by atoms with Crippen molar-refractivity contribution in [1.82, 2.24) is 0 Å². The molecule has 1 saturated heterocycles. The second kappa shape index (κ2) is 15.4. The van der Waals surface area contributed by atoms with Gasteiger partial charge in [-0.1, -0.05) is 26.0 Å². The van der Waals surface area contributed by atoms with E-state index in [0.29, 0.717) is 0 Å². The summed E-state index contributed by atoms with van der Waals surface area (Å²) in [7, 11) is 0. The Balaban J connectivity index is 0.00000191. The van der Waals surface area contributed by atoms with Gasteiger partial charge in [0.25, 0.3) is 0 Å². The third-order valence-electron chi connectivity index (χ3n) is 2.97. The van der Waals surface area contributed by atoms with Crippen molar-refractivity contribution in [2.45, 2.75) is 51.4 Å². The van der Waals surface area contributed by atoms with E-state index in [1.807, 2.05) is 6.08 Å². The highest BCUT2D eigenvalue weighted by molar-refractivity contribution is 15.0. The molecule has 1 unspecified atom stereocenters. The van der Waals surface area contributed by atoms with Crippen LogP contribution in [0.4, 0.5) is 0 Å². The molecule has 0 amide bonds. The van der Waals surface area contributed by atoms with Gasteiger partial charge in [-0.2, -0.15) is 0 Å². The van der Waals surface area contributed by atoms with Crippen LogP contribution in [0.3, 0.4) is 0 Å². The van der Waals surface area contributed by atoms with Crippen LogP contribution in [-0.2, 0) is 9.47 Å². The van der Waals surface area contributed by atoms with E-state index in [-0.39, 0.29) is 12.3 Å². The molecule has 0 aromatic heterocycles. The Morgan fingerprint density at radius 3 is 2.71 bits per heavy atom. The van der Waals surface area contributed by atoms with Crippen LogP contribution in [0.25, 0.3) is 0 Å². The van der Waals surface area contributed by atoms with Crippen LogP contribution in [0.5, 0.6) is 0 Å². The first-order valence-electron chi connectivity index (χ1n) is 7.24. The molecule has 0 aliphatic carbocycles. The van der Waals surface area contributed by atoms with E-state index in [9.17, 15) is 0 Å². The largest absolute Gasteiger partial charge is 0.353 e. The van der Waals surface area contributed by atoms with E-state index in [1.54, 1.807) is 12.4 Å². The smallest absolute Gasteiger partial charge is 0.157 e. The van der Waals surface area contributed by atoms with Gasteiger partial charge in [-0.15, -0.1) is 0 Å². The molecular formula is C15H26I2N2O2. The number of rotatable bonds is 8. The van der Waals surface area contributed by atoms with E-state index >= 15 is 0 Å². The average molecular weight is 520 g/mol. The second-order valence-electron chi connectivity index (χ2n) is 4.74. The van der Waals surface area contributed by atoms with Crippen molar-refractivity contribution >= 4 is 43.4 Å². The van der Waals surface area contributed by atoms with Crippen LogP contribution >= 0.6 is 37.2 Å². The van der Waals surface area contributed by atoms with Crippen LogP contribution < -0.4 is 5.73 Å². The molecule has 4 nitrogen and oxygen atoms in total. The highest BCUT2D eigenvalue weighted by Crippen LogP contribution is 2.13. The fourth-order valence-electron chi connectivity index (χ4n) is 1.74. The Bertz CT molecular complexity index is 317.